The predicted octanol–water partition coefficient (Wildman–Crippen LogP) is 4.35. The van der Waals surface area contributed by atoms with Crippen molar-refractivity contribution in [1.29, 1.82) is 0 Å². The highest BCUT2D eigenvalue weighted by Crippen LogP contribution is 2.20. The second-order valence-corrected chi connectivity index (χ2v) is 5.61. The van der Waals surface area contributed by atoms with E-state index in [-0.39, 0.29) is 5.82 Å². The molecule has 2 heterocycles. The molecule has 1 aliphatic rings. The third kappa shape index (κ3) is 4.17. The van der Waals surface area contributed by atoms with Gasteiger partial charge in [0.2, 0.25) is 5.88 Å². The maximum Gasteiger partial charge on any atom is 0.213 e. The third-order valence-corrected chi connectivity index (χ3v) is 3.81. The van der Waals surface area contributed by atoms with Crippen molar-refractivity contribution in [3.8, 4) is 5.88 Å². The molecule has 0 saturated heterocycles. The molecule has 0 aliphatic carbocycles. The molecule has 5 heteroatoms. The molecule has 1 aromatic carbocycles. The van der Waals surface area contributed by atoms with Crippen molar-refractivity contribution in [2.75, 3.05) is 13.2 Å². The Labute approximate surface area is 139 Å². The second-order valence-electron chi connectivity index (χ2n) is 5.18. The van der Waals surface area contributed by atoms with Crippen LogP contribution in [-0.4, -0.2) is 24.4 Å². The first-order valence-electron chi connectivity index (χ1n) is 7.44. The number of hydrogen-bond donors (Lipinski definition) is 0. The molecular formula is C18H16ClFN2O. The van der Waals surface area contributed by atoms with Crippen molar-refractivity contribution in [2.24, 2.45) is 4.99 Å². The number of rotatable bonds is 5. The molecule has 0 fully saturated rings. The molecule has 1 aromatic heterocycles. The average Bonchev–Trinajstić information content (AvgIpc) is 2.58. The van der Waals surface area contributed by atoms with Gasteiger partial charge in [0.15, 0.2) is 0 Å². The highest BCUT2D eigenvalue weighted by Gasteiger charge is 2.07. The summed E-state index contributed by atoms with van der Waals surface area (Å²) in [6.07, 6.45) is 5.21. The van der Waals surface area contributed by atoms with Crippen LogP contribution in [-0.2, 0) is 6.42 Å². The van der Waals surface area contributed by atoms with Gasteiger partial charge in [0.05, 0.1) is 18.8 Å². The Morgan fingerprint density at radius 2 is 2.13 bits per heavy atom. The van der Waals surface area contributed by atoms with E-state index in [4.69, 9.17) is 16.3 Å². The highest BCUT2D eigenvalue weighted by molar-refractivity contribution is 6.30. The minimum Gasteiger partial charge on any atom is -0.477 e. The molecule has 0 amide bonds. The monoisotopic (exact) mass is 330 g/mol. The molecule has 3 rings (SSSR count). The van der Waals surface area contributed by atoms with Crippen molar-refractivity contribution < 1.29 is 9.13 Å². The molecule has 0 atom stereocenters. The summed E-state index contributed by atoms with van der Waals surface area (Å²) < 4.78 is 19.4. The summed E-state index contributed by atoms with van der Waals surface area (Å²) in [6, 6.07) is 10.3. The minimum atomic E-state index is -0.311. The Morgan fingerprint density at radius 3 is 2.91 bits per heavy atom. The molecule has 2 aromatic rings. The van der Waals surface area contributed by atoms with E-state index in [1.54, 1.807) is 18.2 Å². The Bertz CT molecular complexity index is 758. The number of ether oxygens (including phenoxy) is 1. The van der Waals surface area contributed by atoms with Crippen molar-refractivity contribution in [3.63, 3.8) is 0 Å². The van der Waals surface area contributed by atoms with Crippen LogP contribution in [0.2, 0.25) is 5.02 Å². The van der Waals surface area contributed by atoms with Crippen molar-refractivity contribution in [2.45, 2.75) is 12.8 Å². The van der Waals surface area contributed by atoms with E-state index in [2.05, 4.69) is 16.1 Å². The summed E-state index contributed by atoms with van der Waals surface area (Å²) in [7, 11) is 0. The molecule has 23 heavy (non-hydrogen) atoms. The molecule has 0 bridgehead atoms. The van der Waals surface area contributed by atoms with Crippen LogP contribution in [0.3, 0.4) is 0 Å². The Hall–Kier alpha value is -2.20. The van der Waals surface area contributed by atoms with Crippen molar-refractivity contribution in [3.05, 3.63) is 64.6 Å². The van der Waals surface area contributed by atoms with Gasteiger partial charge in [0, 0.05) is 30.1 Å². The van der Waals surface area contributed by atoms with Crippen LogP contribution in [0, 0.1) is 5.82 Å². The molecule has 0 unspecified atom stereocenters. The maximum atomic E-state index is 13.7. The number of aliphatic imine (C=N–C) groups is 1. The van der Waals surface area contributed by atoms with Crippen LogP contribution in [0.1, 0.15) is 17.7 Å². The Kier molecular flexibility index (Phi) is 5.03. The summed E-state index contributed by atoms with van der Waals surface area (Å²) in [5.74, 6) is 0.231. The third-order valence-electron chi connectivity index (χ3n) is 3.57. The zero-order valence-corrected chi connectivity index (χ0v) is 13.3. The summed E-state index contributed by atoms with van der Waals surface area (Å²) in [5, 5.41) is 0.394. The van der Waals surface area contributed by atoms with Crippen LogP contribution in [0.15, 0.2) is 47.5 Å². The van der Waals surface area contributed by atoms with Gasteiger partial charge in [-0.15, -0.1) is 0 Å². The lowest BCUT2D eigenvalue weighted by Gasteiger charge is -2.10. The largest absolute Gasteiger partial charge is 0.477 e. The number of pyridine rings is 1. The second kappa shape index (κ2) is 7.38. The van der Waals surface area contributed by atoms with Crippen LogP contribution >= 0.6 is 11.6 Å². The van der Waals surface area contributed by atoms with Crippen LogP contribution < -0.4 is 4.74 Å². The summed E-state index contributed by atoms with van der Waals surface area (Å²) >= 11 is 5.74. The van der Waals surface area contributed by atoms with Crippen LogP contribution in [0.4, 0.5) is 4.39 Å². The van der Waals surface area contributed by atoms with E-state index in [9.17, 15) is 4.39 Å². The highest BCUT2D eigenvalue weighted by atomic mass is 35.5. The average molecular weight is 331 g/mol. The Morgan fingerprint density at radius 1 is 1.22 bits per heavy atom. The molecule has 0 saturated carbocycles. The number of nitrogens with zero attached hydrogens (tertiary/aromatic N) is 2. The first kappa shape index (κ1) is 15.7. The van der Waals surface area contributed by atoms with E-state index in [0.29, 0.717) is 36.0 Å². The van der Waals surface area contributed by atoms with Crippen LogP contribution in [0.25, 0.3) is 5.57 Å². The standard InChI is InChI=1S/C18H16ClFN2O/c19-15-5-4-13(16(20)12-15)8-11-23-18-3-1-2-17(22-18)14-6-9-21-10-7-14/h1-6,10,12H,7-9,11H2. The predicted molar refractivity (Wildman–Crippen MR) is 90.8 cm³/mol. The van der Waals surface area contributed by atoms with E-state index >= 15 is 0 Å². The SMILES string of the molecule is Fc1cc(Cl)ccc1CCOc1cccc(C2=CCN=CC2)n1. The molecule has 118 valence electrons. The zero-order chi connectivity index (χ0) is 16.1. The van der Waals surface area contributed by atoms with E-state index < -0.39 is 0 Å². The normalized spacial score (nSPS) is 13.7. The van der Waals surface area contributed by atoms with E-state index in [0.717, 1.165) is 17.7 Å². The molecule has 1 aliphatic heterocycles. The van der Waals surface area contributed by atoms with Crippen LogP contribution in [0.5, 0.6) is 5.88 Å². The quantitative estimate of drug-likeness (QED) is 0.816. The lowest BCUT2D eigenvalue weighted by atomic mass is 10.1. The number of benzene rings is 1. The molecule has 0 N–H and O–H groups in total. The van der Waals surface area contributed by atoms with Crippen molar-refractivity contribution in [1.82, 2.24) is 4.98 Å². The molecule has 0 spiro atoms. The fourth-order valence-corrected chi connectivity index (χ4v) is 2.52. The number of aromatic nitrogens is 1. The van der Waals surface area contributed by atoms with E-state index in [1.165, 1.54) is 6.07 Å². The maximum absolute atomic E-state index is 13.7. The lowest BCUT2D eigenvalue weighted by molar-refractivity contribution is 0.307. The first-order valence-corrected chi connectivity index (χ1v) is 7.81. The van der Waals surface area contributed by atoms with Gasteiger partial charge < -0.3 is 4.74 Å². The fourth-order valence-electron chi connectivity index (χ4n) is 2.36. The number of halogens is 2. The number of allylic oxidation sites excluding steroid dienone is 1. The molecule has 3 nitrogen and oxygen atoms in total. The molecule has 0 radical (unpaired) electrons. The number of dihydropyridines is 1. The van der Waals surface area contributed by atoms with E-state index in [1.807, 2.05) is 18.3 Å². The summed E-state index contributed by atoms with van der Waals surface area (Å²) in [5.41, 5.74) is 2.62. The smallest absolute Gasteiger partial charge is 0.213 e. The van der Waals surface area contributed by atoms with Gasteiger partial charge in [-0.3, -0.25) is 4.99 Å². The topological polar surface area (TPSA) is 34.5 Å². The molecular weight excluding hydrogens is 315 g/mol. The summed E-state index contributed by atoms with van der Waals surface area (Å²) in [4.78, 5) is 8.66. The van der Waals surface area contributed by atoms with Gasteiger partial charge in [-0.1, -0.05) is 29.8 Å². The summed E-state index contributed by atoms with van der Waals surface area (Å²) in [6.45, 7) is 1.05. The van der Waals surface area contributed by atoms with Gasteiger partial charge in [-0.05, 0) is 29.3 Å². The fraction of sp³-hybridized carbons (Fsp3) is 0.222. The van der Waals surface area contributed by atoms with Gasteiger partial charge in [0.1, 0.15) is 5.82 Å². The first-order chi connectivity index (χ1) is 11.2. The van der Waals surface area contributed by atoms with Crippen molar-refractivity contribution >= 4 is 23.4 Å². The van der Waals surface area contributed by atoms with Gasteiger partial charge in [0.25, 0.3) is 0 Å². The number of hydrogen-bond acceptors (Lipinski definition) is 3. The minimum absolute atomic E-state index is 0.311. The zero-order valence-electron chi connectivity index (χ0n) is 12.5. The lowest BCUT2D eigenvalue weighted by Crippen LogP contribution is -2.05. The van der Waals surface area contributed by atoms with Gasteiger partial charge in [-0.25, -0.2) is 9.37 Å². The van der Waals surface area contributed by atoms with Gasteiger partial charge in [-0.2, -0.15) is 0 Å². The van der Waals surface area contributed by atoms with Gasteiger partial charge >= 0.3 is 0 Å². The Balaban J connectivity index is 1.61.